The molecule has 1 fully saturated rings. The van der Waals surface area contributed by atoms with Crippen molar-refractivity contribution in [2.24, 2.45) is 0 Å². The average molecular weight is 580 g/mol. The van der Waals surface area contributed by atoms with E-state index in [2.05, 4.69) is 155 Å². The Labute approximate surface area is 255 Å². The second-order valence-corrected chi connectivity index (χ2v) is 14.6. The summed E-state index contributed by atoms with van der Waals surface area (Å²) in [5.74, 6) is 0. The number of anilines is 1. The summed E-state index contributed by atoms with van der Waals surface area (Å²) in [4.78, 5) is 14.6. The topological polar surface area (TPSA) is 32.3 Å². The van der Waals surface area contributed by atoms with E-state index in [4.69, 9.17) is 4.98 Å². The number of hydrogen-bond acceptors (Lipinski definition) is 4. The Balaban J connectivity index is 1.26. The molecule has 4 nitrogen and oxygen atoms in total. The highest BCUT2D eigenvalue weighted by atomic mass is 31.2. The van der Waals surface area contributed by atoms with Crippen molar-refractivity contribution in [2.75, 3.05) is 31.1 Å². The second kappa shape index (κ2) is 12.1. The molecule has 0 saturated carbocycles. The number of fused-ring (bicyclic) bond motifs is 1. The van der Waals surface area contributed by atoms with Crippen LogP contribution in [0.15, 0.2) is 140 Å². The van der Waals surface area contributed by atoms with Gasteiger partial charge in [-0.2, -0.15) is 0 Å². The fraction of sp³-hybridized carbons (Fsp3) is 0.158. The molecule has 212 valence electrons. The molecule has 1 aliphatic heterocycles. The lowest BCUT2D eigenvalue weighted by Crippen LogP contribution is -2.47. The summed E-state index contributed by atoms with van der Waals surface area (Å²) < 4.78 is 0. The Morgan fingerprint density at radius 2 is 1.21 bits per heavy atom. The van der Waals surface area contributed by atoms with Crippen LogP contribution in [0.2, 0.25) is 0 Å². The van der Waals surface area contributed by atoms with Gasteiger partial charge in [0.2, 0.25) is 0 Å². The maximum absolute atomic E-state index is 4.77. The lowest BCUT2D eigenvalue weighted by molar-refractivity contribution is 0.250. The van der Waals surface area contributed by atoms with Crippen LogP contribution in [0.4, 0.5) is 5.69 Å². The molecule has 0 amide bonds. The monoisotopic (exact) mass is 579 g/mol. The van der Waals surface area contributed by atoms with Crippen molar-refractivity contribution in [3.8, 4) is 0 Å². The molecule has 2 aromatic heterocycles. The zero-order valence-electron chi connectivity index (χ0n) is 24.6. The van der Waals surface area contributed by atoms with E-state index >= 15 is 0 Å². The molecule has 0 bridgehead atoms. The number of benzene rings is 4. The molecular weight excluding hydrogens is 543 g/mol. The largest absolute Gasteiger partial charge is 0.368 e. The van der Waals surface area contributed by atoms with Crippen molar-refractivity contribution in [3.05, 3.63) is 151 Å². The lowest BCUT2D eigenvalue weighted by Gasteiger charge is -2.37. The molecular formula is C38H36N4P+. The van der Waals surface area contributed by atoms with Crippen molar-refractivity contribution in [3.63, 3.8) is 0 Å². The van der Waals surface area contributed by atoms with E-state index in [-0.39, 0.29) is 0 Å². The fourth-order valence-electron chi connectivity index (χ4n) is 6.62. The molecule has 0 atom stereocenters. The van der Waals surface area contributed by atoms with Gasteiger partial charge in [0.1, 0.15) is 28.5 Å². The van der Waals surface area contributed by atoms with Crippen LogP contribution >= 0.6 is 7.26 Å². The van der Waals surface area contributed by atoms with E-state index in [1.54, 1.807) is 0 Å². The molecule has 5 heteroatoms. The fourth-order valence-corrected chi connectivity index (χ4v) is 11.1. The van der Waals surface area contributed by atoms with Gasteiger partial charge < -0.3 is 4.90 Å². The number of piperazine rings is 1. The van der Waals surface area contributed by atoms with Crippen LogP contribution in [-0.2, 0) is 6.54 Å². The molecule has 7 rings (SSSR count). The summed E-state index contributed by atoms with van der Waals surface area (Å²) in [6.07, 6.45) is 4.10. The summed E-state index contributed by atoms with van der Waals surface area (Å²) in [6.45, 7) is 6.94. The van der Waals surface area contributed by atoms with Gasteiger partial charge in [-0.25, -0.2) is 0 Å². The van der Waals surface area contributed by atoms with Crippen LogP contribution in [0.1, 0.15) is 11.3 Å². The normalized spacial score (nSPS) is 14.2. The zero-order valence-corrected chi connectivity index (χ0v) is 25.4. The maximum Gasteiger partial charge on any atom is 0.144 e. The highest BCUT2D eigenvalue weighted by molar-refractivity contribution is 8.01. The molecule has 43 heavy (non-hydrogen) atoms. The number of aryl methyl sites for hydroxylation is 1. The zero-order chi connectivity index (χ0) is 29.1. The van der Waals surface area contributed by atoms with Crippen molar-refractivity contribution >= 4 is 45.1 Å². The van der Waals surface area contributed by atoms with Crippen molar-refractivity contribution < 1.29 is 0 Å². The van der Waals surface area contributed by atoms with Crippen LogP contribution in [0.3, 0.4) is 0 Å². The summed E-state index contributed by atoms with van der Waals surface area (Å²) >= 11 is 0. The number of hydrogen-bond donors (Lipinski definition) is 0. The van der Waals surface area contributed by atoms with Gasteiger partial charge in [0.05, 0.1) is 5.52 Å². The first-order chi connectivity index (χ1) is 21.2. The molecule has 0 unspecified atom stereocenters. The Morgan fingerprint density at radius 3 is 1.81 bits per heavy atom. The van der Waals surface area contributed by atoms with Gasteiger partial charge in [0.15, 0.2) is 0 Å². The summed E-state index contributed by atoms with van der Waals surface area (Å²) in [6, 6.07) is 46.4. The average Bonchev–Trinajstić information content (AvgIpc) is 3.07. The highest BCUT2D eigenvalue weighted by Crippen LogP contribution is 2.54. The van der Waals surface area contributed by atoms with E-state index in [1.807, 2.05) is 6.20 Å². The van der Waals surface area contributed by atoms with Crippen LogP contribution in [0.5, 0.6) is 0 Å². The van der Waals surface area contributed by atoms with Gasteiger partial charge in [-0.1, -0.05) is 72.8 Å². The summed E-state index contributed by atoms with van der Waals surface area (Å²) in [7, 11) is -2.19. The van der Waals surface area contributed by atoms with Gasteiger partial charge in [-0.05, 0) is 55.5 Å². The standard InChI is InChI=1S/C38H36N4P/c1-30-27-37(35-19-11-12-20-36(35)40-30)42-25-23-41(24-26-42)29-31-28-39-22-21-38(31)43(32-13-5-2-6-14-32,33-15-7-3-8-16-33)34-17-9-4-10-18-34/h2-22,27-28H,23-26,29H2,1H3/q+1. The molecule has 1 aliphatic rings. The number of aromatic nitrogens is 2. The third kappa shape index (κ3) is 5.22. The van der Waals surface area contributed by atoms with E-state index in [0.29, 0.717) is 0 Å². The van der Waals surface area contributed by atoms with Gasteiger partial charge in [-0.3, -0.25) is 14.9 Å². The van der Waals surface area contributed by atoms with Crippen LogP contribution < -0.4 is 26.1 Å². The number of para-hydroxylation sites is 1. The predicted molar refractivity (Wildman–Crippen MR) is 183 cm³/mol. The van der Waals surface area contributed by atoms with Gasteiger partial charge in [0.25, 0.3) is 0 Å². The predicted octanol–water partition coefficient (Wildman–Crippen LogP) is 5.88. The number of rotatable bonds is 7. The Hall–Kier alpha value is -4.37. The van der Waals surface area contributed by atoms with Gasteiger partial charge in [0, 0.05) is 73.5 Å². The lowest BCUT2D eigenvalue weighted by atomic mass is 10.1. The third-order valence-electron chi connectivity index (χ3n) is 8.60. The smallest absolute Gasteiger partial charge is 0.144 e. The first kappa shape index (κ1) is 27.5. The molecule has 1 saturated heterocycles. The minimum Gasteiger partial charge on any atom is -0.368 e. The van der Waals surface area contributed by atoms with E-state index in [9.17, 15) is 0 Å². The minimum absolute atomic E-state index is 0.876. The third-order valence-corrected chi connectivity index (χ3v) is 13.0. The minimum atomic E-state index is -2.19. The number of nitrogens with zero attached hydrogens (tertiary/aromatic N) is 4. The molecule has 0 N–H and O–H groups in total. The summed E-state index contributed by atoms with van der Waals surface area (Å²) in [5, 5.41) is 6.72. The maximum atomic E-state index is 4.77. The Kier molecular flexibility index (Phi) is 7.72. The molecule has 0 radical (unpaired) electrons. The van der Waals surface area contributed by atoms with Crippen LogP contribution in [-0.4, -0.2) is 41.0 Å². The molecule has 6 aromatic rings. The Morgan fingerprint density at radius 1 is 0.651 bits per heavy atom. The Bertz CT molecular complexity index is 1720. The molecule has 0 spiro atoms. The SMILES string of the molecule is Cc1cc(N2CCN(Cc3cnccc3[P+](c3ccccc3)(c3ccccc3)c3ccccc3)CC2)c2ccccc2n1. The van der Waals surface area contributed by atoms with Crippen molar-refractivity contribution in [2.45, 2.75) is 13.5 Å². The summed E-state index contributed by atoms with van der Waals surface area (Å²) in [5.41, 5.74) is 4.75. The van der Waals surface area contributed by atoms with Gasteiger partial charge in [-0.15, -0.1) is 0 Å². The second-order valence-electron chi connectivity index (χ2n) is 11.2. The highest BCUT2D eigenvalue weighted by Gasteiger charge is 2.49. The molecule has 0 aliphatic carbocycles. The van der Waals surface area contributed by atoms with E-state index in [0.717, 1.165) is 43.9 Å². The molecule has 3 heterocycles. The van der Waals surface area contributed by atoms with Crippen molar-refractivity contribution in [1.82, 2.24) is 14.9 Å². The van der Waals surface area contributed by atoms with Crippen molar-refractivity contribution in [1.29, 1.82) is 0 Å². The van der Waals surface area contributed by atoms with Gasteiger partial charge >= 0.3 is 0 Å². The van der Waals surface area contributed by atoms with E-state index < -0.39 is 7.26 Å². The first-order valence-corrected chi connectivity index (χ1v) is 16.9. The van der Waals surface area contributed by atoms with Crippen LogP contribution in [0, 0.1) is 6.92 Å². The first-order valence-electron chi connectivity index (χ1n) is 15.1. The number of pyridine rings is 2. The quantitative estimate of drug-likeness (QED) is 0.221. The molecule has 4 aromatic carbocycles. The van der Waals surface area contributed by atoms with Crippen LogP contribution in [0.25, 0.3) is 10.9 Å². The van der Waals surface area contributed by atoms with E-state index in [1.165, 1.54) is 37.9 Å².